The number of nitro groups is 1. The number of para-hydroxylation sites is 2. The first kappa shape index (κ1) is 22.1. The van der Waals surface area contributed by atoms with Crippen molar-refractivity contribution in [2.45, 2.75) is 13.8 Å². The van der Waals surface area contributed by atoms with Crippen molar-refractivity contribution < 1.29 is 24.0 Å². The Morgan fingerprint density at radius 1 is 1.00 bits per heavy atom. The van der Waals surface area contributed by atoms with Crippen LogP contribution in [0.25, 0.3) is 0 Å². The summed E-state index contributed by atoms with van der Waals surface area (Å²) < 4.78 is 10.6. The normalized spacial score (nSPS) is 13.6. The molecule has 164 valence electrons. The predicted octanol–water partition coefficient (Wildman–Crippen LogP) is 3.13. The highest BCUT2D eigenvalue weighted by Gasteiger charge is 2.26. The summed E-state index contributed by atoms with van der Waals surface area (Å²) in [6, 6.07) is 11.4. The van der Waals surface area contributed by atoms with Crippen molar-refractivity contribution in [1.82, 2.24) is 4.90 Å². The molecule has 31 heavy (non-hydrogen) atoms. The molecule has 1 aliphatic rings. The zero-order chi connectivity index (χ0) is 22.4. The van der Waals surface area contributed by atoms with Gasteiger partial charge >= 0.3 is 5.97 Å². The average molecular weight is 427 g/mol. The fraction of sp³-hybridized carbons (Fsp3) is 0.364. The molecule has 0 atom stereocenters. The maximum Gasteiger partial charge on any atom is 0.338 e. The molecule has 1 amide bonds. The maximum atomic E-state index is 13.0. The monoisotopic (exact) mass is 427 g/mol. The zero-order valence-corrected chi connectivity index (χ0v) is 17.6. The Morgan fingerprint density at radius 3 is 2.32 bits per heavy atom. The van der Waals surface area contributed by atoms with Crippen LogP contribution in [0, 0.1) is 10.1 Å². The molecule has 2 aromatic rings. The van der Waals surface area contributed by atoms with Crippen LogP contribution in [0.3, 0.4) is 0 Å². The van der Waals surface area contributed by atoms with Gasteiger partial charge in [0.1, 0.15) is 5.75 Å². The number of nitro benzene ring substituents is 1. The summed E-state index contributed by atoms with van der Waals surface area (Å²) in [6.07, 6.45) is 0. The van der Waals surface area contributed by atoms with Crippen molar-refractivity contribution >= 4 is 23.3 Å². The lowest BCUT2D eigenvalue weighted by Gasteiger charge is -2.36. The fourth-order valence-corrected chi connectivity index (χ4v) is 3.50. The summed E-state index contributed by atoms with van der Waals surface area (Å²) in [5, 5.41) is 11.3. The van der Waals surface area contributed by atoms with Crippen molar-refractivity contribution in [1.29, 1.82) is 0 Å². The van der Waals surface area contributed by atoms with Crippen molar-refractivity contribution in [3.63, 3.8) is 0 Å². The second-order valence-corrected chi connectivity index (χ2v) is 6.93. The van der Waals surface area contributed by atoms with Crippen LogP contribution in [0.4, 0.5) is 11.4 Å². The van der Waals surface area contributed by atoms with Gasteiger partial charge in [-0.1, -0.05) is 12.1 Å². The van der Waals surface area contributed by atoms with Gasteiger partial charge in [-0.25, -0.2) is 4.79 Å². The van der Waals surface area contributed by atoms with Gasteiger partial charge in [-0.3, -0.25) is 14.9 Å². The van der Waals surface area contributed by atoms with E-state index in [0.717, 1.165) is 17.5 Å². The maximum absolute atomic E-state index is 13.0. The number of amides is 1. The number of anilines is 1. The van der Waals surface area contributed by atoms with Crippen LogP contribution in [0.1, 0.15) is 34.6 Å². The van der Waals surface area contributed by atoms with Gasteiger partial charge in [-0.05, 0) is 32.0 Å². The van der Waals surface area contributed by atoms with E-state index in [-0.39, 0.29) is 29.3 Å². The van der Waals surface area contributed by atoms with Crippen LogP contribution in [-0.4, -0.2) is 61.1 Å². The molecule has 0 spiro atoms. The number of non-ortho nitro benzene ring substituents is 1. The first-order valence-electron chi connectivity index (χ1n) is 10.2. The van der Waals surface area contributed by atoms with Crippen LogP contribution < -0.4 is 9.64 Å². The highest BCUT2D eigenvalue weighted by atomic mass is 16.6. The molecule has 1 saturated heterocycles. The van der Waals surface area contributed by atoms with Crippen LogP contribution in [0.5, 0.6) is 5.75 Å². The molecule has 9 nitrogen and oxygen atoms in total. The van der Waals surface area contributed by atoms with Gasteiger partial charge < -0.3 is 19.3 Å². The molecule has 0 bridgehead atoms. The Labute approximate surface area is 180 Å². The minimum atomic E-state index is -0.697. The molecular weight excluding hydrogens is 402 g/mol. The highest BCUT2D eigenvalue weighted by molar-refractivity contribution is 5.99. The number of rotatable bonds is 7. The molecule has 9 heteroatoms. The lowest BCUT2D eigenvalue weighted by Crippen LogP contribution is -2.49. The summed E-state index contributed by atoms with van der Waals surface area (Å²) >= 11 is 0. The molecule has 1 aliphatic heterocycles. The molecular formula is C22H25N3O6. The quantitative estimate of drug-likeness (QED) is 0.380. The van der Waals surface area contributed by atoms with E-state index in [1.54, 1.807) is 11.8 Å². The molecule has 3 rings (SSSR count). The number of benzene rings is 2. The van der Waals surface area contributed by atoms with E-state index in [1.165, 1.54) is 12.1 Å². The van der Waals surface area contributed by atoms with Crippen LogP contribution >= 0.6 is 0 Å². The van der Waals surface area contributed by atoms with Gasteiger partial charge in [0.05, 0.1) is 29.4 Å². The van der Waals surface area contributed by atoms with Crippen molar-refractivity contribution in [3.05, 3.63) is 63.7 Å². The Balaban J connectivity index is 1.76. The summed E-state index contributed by atoms with van der Waals surface area (Å²) in [7, 11) is 0. The highest BCUT2D eigenvalue weighted by Crippen LogP contribution is 2.29. The summed E-state index contributed by atoms with van der Waals surface area (Å²) in [5.74, 6) is -0.257. The molecule has 0 aromatic heterocycles. The fourth-order valence-electron chi connectivity index (χ4n) is 3.50. The van der Waals surface area contributed by atoms with Gasteiger partial charge in [0.15, 0.2) is 0 Å². The number of hydrogen-bond donors (Lipinski definition) is 0. The van der Waals surface area contributed by atoms with Gasteiger partial charge in [-0.15, -0.1) is 0 Å². The van der Waals surface area contributed by atoms with Gasteiger partial charge in [-0.2, -0.15) is 0 Å². The molecule has 0 saturated carbocycles. The van der Waals surface area contributed by atoms with Crippen molar-refractivity contribution in [2.75, 3.05) is 44.3 Å². The lowest BCUT2D eigenvalue weighted by molar-refractivity contribution is -0.384. The standard InChI is InChI=1S/C22H25N3O6/c1-3-30-20-8-6-5-7-19(20)23-9-11-24(12-10-23)21(26)16-13-17(22(27)31-4-2)15-18(14-16)25(28)29/h5-8,13-15H,3-4,9-12H2,1-2H3. The Morgan fingerprint density at radius 2 is 1.68 bits per heavy atom. The Hall–Kier alpha value is -3.62. The van der Waals surface area contributed by atoms with E-state index in [2.05, 4.69) is 4.90 Å². The summed E-state index contributed by atoms with van der Waals surface area (Å²) in [6.45, 7) is 6.33. The molecule has 0 N–H and O–H groups in total. The Bertz CT molecular complexity index is 969. The molecule has 0 radical (unpaired) electrons. The topological polar surface area (TPSA) is 102 Å². The van der Waals surface area contributed by atoms with E-state index in [0.29, 0.717) is 32.8 Å². The lowest BCUT2D eigenvalue weighted by atomic mass is 10.1. The number of ether oxygens (including phenoxy) is 2. The number of esters is 1. The largest absolute Gasteiger partial charge is 0.492 e. The first-order valence-corrected chi connectivity index (χ1v) is 10.2. The number of carbonyl (C=O) groups is 2. The molecule has 1 heterocycles. The third-order valence-electron chi connectivity index (χ3n) is 4.96. The third kappa shape index (κ3) is 5.11. The average Bonchev–Trinajstić information content (AvgIpc) is 2.79. The van der Waals surface area contributed by atoms with Crippen LogP contribution in [0.2, 0.25) is 0 Å². The van der Waals surface area contributed by atoms with Gasteiger partial charge in [0.2, 0.25) is 0 Å². The molecule has 2 aromatic carbocycles. The second-order valence-electron chi connectivity index (χ2n) is 6.93. The van der Waals surface area contributed by atoms with Gasteiger partial charge in [0.25, 0.3) is 11.6 Å². The van der Waals surface area contributed by atoms with Gasteiger partial charge in [0, 0.05) is 43.9 Å². The van der Waals surface area contributed by atoms with E-state index >= 15 is 0 Å². The number of piperazine rings is 1. The van der Waals surface area contributed by atoms with Crippen molar-refractivity contribution in [2.24, 2.45) is 0 Å². The predicted molar refractivity (Wildman–Crippen MR) is 115 cm³/mol. The number of nitrogens with zero attached hydrogens (tertiary/aromatic N) is 3. The summed E-state index contributed by atoms with van der Waals surface area (Å²) in [5.41, 5.74) is 0.735. The molecule has 0 unspecified atom stereocenters. The summed E-state index contributed by atoms with van der Waals surface area (Å²) in [4.78, 5) is 39.5. The Kier molecular flexibility index (Phi) is 7.07. The minimum Gasteiger partial charge on any atom is -0.492 e. The van der Waals surface area contributed by atoms with Crippen LogP contribution in [0.15, 0.2) is 42.5 Å². The molecule has 0 aliphatic carbocycles. The zero-order valence-electron chi connectivity index (χ0n) is 17.6. The van der Waals surface area contributed by atoms with Crippen molar-refractivity contribution in [3.8, 4) is 5.75 Å². The second kappa shape index (κ2) is 9.92. The number of hydrogen-bond acceptors (Lipinski definition) is 7. The first-order chi connectivity index (χ1) is 14.9. The number of carbonyl (C=O) groups excluding carboxylic acids is 2. The van der Waals surface area contributed by atoms with E-state index in [4.69, 9.17) is 9.47 Å². The SMILES string of the molecule is CCOC(=O)c1cc(C(=O)N2CCN(c3ccccc3OCC)CC2)cc([N+](=O)[O-])c1. The smallest absolute Gasteiger partial charge is 0.338 e. The van der Waals surface area contributed by atoms with Crippen LogP contribution in [-0.2, 0) is 4.74 Å². The van der Waals surface area contributed by atoms with E-state index < -0.39 is 10.9 Å². The third-order valence-corrected chi connectivity index (χ3v) is 4.96. The minimum absolute atomic E-state index is 0.0105. The van der Waals surface area contributed by atoms with E-state index in [9.17, 15) is 19.7 Å². The molecule has 1 fully saturated rings. The van der Waals surface area contributed by atoms with E-state index in [1.807, 2.05) is 31.2 Å².